The van der Waals surface area contributed by atoms with Gasteiger partial charge in [0.1, 0.15) is 17.1 Å². The molecule has 2 aromatic rings. The molecule has 0 aliphatic heterocycles. The molecule has 1 aliphatic carbocycles. The Morgan fingerprint density at radius 1 is 1.05 bits per heavy atom. The lowest BCUT2D eigenvalue weighted by atomic mass is 9.73. The van der Waals surface area contributed by atoms with Crippen molar-refractivity contribution in [2.75, 3.05) is 26.4 Å². The summed E-state index contributed by atoms with van der Waals surface area (Å²) in [6.07, 6.45) is -1.99. The first-order valence-electron chi connectivity index (χ1n) is 13.2. The van der Waals surface area contributed by atoms with Gasteiger partial charge in [0.15, 0.2) is 11.3 Å². The van der Waals surface area contributed by atoms with Crippen LogP contribution < -0.4 is 14.8 Å². The fraction of sp³-hybridized carbons (Fsp3) is 0.483. The molecule has 2 amide bonds. The molecule has 0 saturated heterocycles. The van der Waals surface area contributed by atoms with Gasteiger partial charge in [-0.25, -0.2) is 18.4 Å². The van der Waals surface area contributed by atoms with Crippen LogP contribution >= 0.6 is 0 Å². The largest absolute Gasteiger partial charge is 0.493 e. The van der Waals surface area contributed by atoms with Crippen LogP contribution in [0.5, 0.6) is 11.5 Å². The predicted octanol–water partition coefficient (Wildman–Crippen LogP) is 5.23. The predicted molar refractivity (Wildman–Crippen MR) is 143 cm³/mol. The molecule has 2 aromatic carbocycles. The number of Topliss-reactive ketones (excluding diaryl/α,β-unsaturated/α-hetero) is 1. The third-order valence-electron chi connectivity index (χ3n) is 6.72. The van der Waals surface area contributed by atoms with Gasteiger partial charge in [0, 0.05) is 19.4 Å². The highest BCUT2D eigenvalue weighted by molar-refractivity contribution is 6.00. The van der Waals surface area contributed by atoms with Gasteiger partial charge >= 0.3 is 12.0 Å². The monoisotopic (exact) mass is 562 g/mol. The Bertz CT molecular complexity index is 1170. The van der Waals surface area contributed by atoms with E-state index in [-0.39, 0.29) is 55.8 Å². The normalized spacial score (nSPS) is 15.8. The topological polar surface area (TPSA) is 114 Å². The summed E-state index contributed by atoms with van der Waals surface area (Å²) < 4.78 is 44.6. The first-order chi connectivity index (χ1) is 18.9. The van der Waals surface area contributed by atoms with E-state index in [1.807, 2.05) is 30.3 Å². The van der Waals surface area contributed by atoms with E-state index in [2.05, 4.69) is 5.32 Å². The Kier molecular flexibility index (Phi) is 10.1. The minimum Gasteiger partial charge on any atom is -0.493 e. The number of rotatable bonds is 14. The zero-order valence-electron chi connectivity index (χ0n) is 23.2. The van der Waals surface area contributed by atoms with Crippen LogP contribution in [0.3, 0.4) is 0 Å². The van der Waals surface area contributed by atoms with Gasteiger partial charge in [-0.1, -0.05) is 30.3 Å². The van der Waals surface area contributed by atoms with E-state index in [1.165, 1.54) is 11.8 Å². The van der Waals surface area contributed by atoms with Crippen molar-refractivity contribution in [2.45, 2.75) is 64.6 Å². The fourth-order valence-corrected chi connectivity index (χ4v) is 4.72. The SMILES string of the molecule is CCOc1cc([C@@H](C)N(CCOCc2ccccc2)C(=O)NC2(C(=O)O)CC(F)(F)C2)cc(OCC)c1C(C)=O. The first kappa shape index (κ1) is 30.8. The van der Waals surface area contributed by atoms with Gasteiger partial charge in [0.2, 0.25) is 0 Å². The quantitative estimate of drug-likeness (QED) is 0.239. The molecule has 1 aliphatic rings. The summed E-state index contributed by atoms with van der Waals surface area (Å²) in [5, 5.41) is 12.0. The van der Waals surface area contributed by atoms with Gasteiger partial charge in [-0.15, -0.1) is 0 Å². The Hall–Kier alpha value is -3.73. The number of ketones is 1. The van der Waals surface area contributed by atoms with Crippen molar-refractivity contribution in [1.29, 1.82) is 0 Å². The zero-order chi connectivity index (χ0) is 29.5. The Labute approximate surface area is 232 Å². The molecule has 0 unspecified atom stereocenters. The smallest absolute Gasteiger partial charge is 0.329 e. The molecule has 2 N–H and O–H groups in total. The number of nitrogens with one attached hydrogen (secondary N) is 1. The lowest BCUT2D eigenvalue weighted by molar-refractivity contribution is -0.175. The maximum atomic E-state index is 13.7. The van der Waals surface area contributed by atoms with E-state index in [0.29, 0.717) is 5.56 Å². The van der Waals surface area contributed by atoms with E-state index < -0.39 is 42.3 Å². The Balaban J connectivity index is 1.91. The molecule has 9 nitrogen and oxygen atoms in total. The second-order valence-corrected chi connectivity index (χ2v) is 9.75. The fourth-order valence-electron chi connectivity index (χ4n) is 4.72. The van der Waals surface area contributed by atoms with Crippen molar-refractivity contribution < 1.29 is 42.5 Å². The van der Waals surface area contributed by atoms with Crippen molar-refractivity contribution in [2.24, 2.45) is 0 Å². The van der Waals surface area contributed by atoms with Crippen LogP contribution in [0.25, 0.3) is 0 Å². The molecule has 1 fully saturated rings. The van der Waals surface area contributed by atoms with E-state index in [4.69, 9.17) is 14.2 Å². The number of carbonyl (C=O) groups is 3. The van der Waals surface area contributed by atoms with Gasteiger partial charge in [0.25, 0.3) is 5.92 Å². The van der Waals surface area contributed by atoms with Crippen LogP contribution in [-0.4, -0.2) is 65.6 Å². The average molecular weight is 563 g/mol. The van der Waals surface area contributed by atoms with Gasteiger partial charge in [-0.2, -0.15) is 0 Å². The molecule has 3 rings (SSSR count). The highest BCUT2D eigenvalue weighted by Gasteiger charge is 2.62. The maximum absolute atomic E-state index is 13.7. The zero-order valence-corrected chi connectivity index (χ0v) is 23.2. The number of carboxylic acids is 1. The lowest BCUT2D eigenvalue weighted by Gasteiger charge is -2.45. The minimum absolute atomic E-state index is 0.0221. The minimum atomic E-state index is -3.18. The van der Waals surface area contributed by atoms with Crippen LogP contribution in [0.15, 0.2) is 42.5 Å². The highest BCUT2D eigenvalue weighted by Crippen LogP contribution is 2.46. The number of alkyl halides is 2. The second-order valence-electron chi connectivity index (χ2n) is 9.75. The van der Waals surface area contributed by atoms with Gasteiger partial charge in [-0.3, -0.25) is 4.79 Å². The summed E-state index contributed by atoms with van der Waals surface area (Å²) in [6.45, 7) is 7.58. The number of ether oxygens (including phenoxy) is 3. The van der Waals surface area contributed by atoms with E-state index in [9.17, 15) is 28.3 Å². The summed E-state index contributed by atoms with van der Waals surface area (Å²) >= 11 is 0. The van der Waals surface area contributed by atoms with E-state index in [1.54, 1.807) is 32.9 Å². The standard InChI is InChI=1S/C29H36F2N2O7/c1-5-39-23-14-22(15-24(40-6-2)25(23)20(4)34)19(3)33(12-13-38-16-21-10-8-7-9-11-21)27(37)32-28(26(35)36)17-29(30,31)18-28/h7-11,14-15,19H,5-6,12-13,16-18H2,1-4H3,(H,32,37)(H,35,36)/t19-/m1/s1. The molecule has 218 valence electrons. The molecular formula is C29H36F2N2O7. The van der Waals surface area contributed by atoms with Crippen molar-refractivity contribution in [3.63, 3.8) is 0 Å². The van der Waals surface area contributed by atoms with Crippen molar-refractivity contribution in [3.05, 3.63) is 59.2 Å². The Morgan fingerprint density at radius 2 is 1.62 bits per heavy atom. The second kappa shape index (κ2) is 13.1. The molecule has 1 saturated carbocycles. The van der Waals surface area contributed by atoms with Crippen LogP contribution in [0.2, 0.25) is 0 Å². The van der Waals surface area contributed by atoms with Crippen molar-refractivity contribution in [3.8, 4) is 11.5 Å². The molecule has 40 heavy (non-hydrogen) atoms. The molecule has 0 heterocycles. The molecule has 0 bridgehead atoms. The number of carbonyl (C=O) groups excluding carboxylic acids is 2. The van der Waals surface area contributed by atoms with Gasteiger partial charge in [0.05, 0.1) is 32.5 Å². The number of carboxylic acid groups (broad SMARTS) is 1. The first-order valence-corrected chi connectivity index (χ1v) is 13.2. The van der Waals surface area contributed by atoms with Gasteiger partial charge in [-0.05, 0) is 51.0 Å². The number of amides is 2. The van der Waals surface area contributed by atoms with Crippen LogP contribution in [0, 0.1) is 0 Å². The molecule has 1 atom stereocenters. The molecule has 0 radical (unpaired) electrons. The van der Waals surface area contributed by atoms with Crippen LogP contribution in [0.4, 0.5) is 13.6 Å². The number of aliphatic carboxylic acids is 1. The van der Waals surface area contributed by atoms with E-state index in [0.717, 1.165) is 5.56 Å². The molecule has 0 aromatic heterocycles. The summed E-state index contributed by atoms with van der Waals surface area (Å²) in [7, 11) is 0. The lowest BCUT2D eigenvalue weighted by Crippen LogP contribution is -2.68. The summed E-state index contributed by atoms with van der Waals surface area (Å²) in [6, 6.07) is 11.1. The molecular weight excluding hydrogens is 526 g/mol. The number of benzene rings is 2. The number of urea groups is 1. The van der Waals surface area contributed by atoms with E-state index >= 15 is 0 Å². The number of hydrogen-bond donors (Lipinski definition) is 2. The number of halogens is 2. The third kappa shape index (κ3) is 7.26. The summed E-state index contributed by atoms with van der Waals surface area (Å²) in [5.41, 5.74) is -0.341. The maximum Gasteiger partial charge on any atom is 0.329 e. The molecule has 0 spiro atoms. The molecule has 11 heteroatoms. The summed E-state index contributed by atoms with van der Waals surface area (Å²) in [4.78, 5) is 39.1. The van der Waals surface area contributed by atoms with Crippen LogP contribution in [-0.2, 0) is 16.1 Å². The number of hydrogen-bond acceptors (Lipinski definition) is 6. The Morgan fingerprint density at radius 3 is 2.10 bits per heavy atom. The number of nitrogens with zero attached hydrogens (tertiary/aromatic N) is 1. The third-order valence-corrected chi connectivity index (χ3v) is 6.72. The van der Waals surface area contributed by atoms with Crippen molar-refractivity contribution >= 4 is 17.8 Å². The van der Waals surface area contributed by atoms with Crippen molar-refractivity contribution in [1.82, 2.24) is 10.2 Å². The van der Waals surface area contributed by atoms with Crippen LogP contribution in [0.1, 0.15) is 68.1 Å². The summed E-state index contributed by atoms with van der Waals surface area (Å²) in [5.74, 6) is -4.40. The van der Waals surface area contributed by atoms with Gasteiger partial charge < -0.3 is 29.5 Å². The average Bonchev–Trinajstić information content (AvgIpc) is 2.87. The highest BCUT2D eigenvalue weighted by atomic mass is 19.3.